The second-order valence-electron chi connectivity index (χ2n) is 6.81. The van der Waals surface area contributed by atoms with Crippen molar-refractivity contribution in [2.75, 3.05) is 5.75 Å². The lowest BCUT2D eigenvalue weighted by Gasteiger charge is -2.09. The lowest BCUT2D eigenvalue weighted by Crippen LogP contribution is -2.08. The molecule has 2 aromatic heterocycles. The zero-order valence-corrected chi connectivity index (χ0v) is 15.8. The van der Waals surface area contributed by atoms with E-state index in [4.69, 9.17) is 4.42 Å². The quantitative estimate of drug-likeness (QED) is 0.458. The Kier molecular flexibility index (Phi) is 4.68. The van der Waals surface area contributed by atoms with Crippen LogP contribution in [0, 0.1) is 13.8 Å². The van der Waals surface area contributed by atoms with E-state index in [9.17, 15) is 4.79 Å². The summed E-state index contributed by atoms with van der Waals surface area (Å²) in [6.45, 7) is 4.62. The average molecular weight is 367 g/mol. The first kappa shape index (κ1) is 17.1. The second-order valence-corrected chi connectivity index (χ2v) is 7.75. The third-order valence-electron chi connectivity index (χ3n) is 4.60. The van der Waals surface area contributed by atoms with Crippen LogP contribution in [-0.4, -0.2) is 26.3 Å². The van der Waals surface area contributed by atoms with Crippen molar-refractivity contribution >= 4 is 17.5 Å². The van der Waals surface area contributed by atoms with E-state index < -0.39 is 0 Å². The molecule has 6 heteroatoms. The summed E-state index contributed by atoms with van der Waals surface area (Å²) in [6, 6.07) is 9.77. The van der Waals surface area contributed by atoms with Crippen LogP contribution in [0.5, 0.6) is 0 Å². The van der Waals surface area contributed by atoms with Gasteiger partial charge in [0.25, 0.3) is 0 Å². The number of thioether (sulfide) groups is 1. The molecule has 26 heavy (non-hydrogen) atoms. The third-order valence-corrected chi connectivity index (χ3v) is 5.56. The number of furan rings is 1. The number of hydrogen-bond acceptors (Lipinski definition) is 5. The molecule has 5 nitrogen and oxygen atoms in total. The van der Waals surface area contributed by atoms with Crippen LogP contribution in [0.1, 0.15) is 51.8 Å². The molecule has 1 aliphatic rings. The number of ketones is 1. The summed E-state index contributed by atoms with van der Waals surface area (Å²) in [5.74, 6) is 2.83. The maximum atomic E-state index is 12.6. The number of carbonyl (C=O) groups excluding carboxylic acids is 1. The van der Waals surface area contributed by atoms with E-state index in [0.29, 0.717) is 18.2 Å². The van der Waals surface area contributed by atoms with E-state index in [1.165, 1.54) is 17.3 Å². The Morgan fingerprint density at radius 2 is 2.12 bits per heavy atom. The van der Waals surface area contributed by atoms with Crippen LogP contribution in [-0.2, 0) is 6.54 Å². The Bertz CT molecular complexity index is 927. The van der Waals surface area contributed by atoms with Gasteiger partial charge in [0.15, 0.2) is 10.9 Å². The molecule has 0 spiro atoms. The van der Waals surface area contributed by atoms with Gasteiger partial charge < -0.3 is 4.42 Å². The van der Waals surface area contributed by atoms with Crippen LogP contribution in [0.3, 0.4) is 0 Å². The monoisotopic (exact) mass is 367 g/mol. The van der Waals surface area contributed by atoms with Gasteiger partial charge in [0.1, 0.15) is 11.6 Å². The number of benzene rings is 1. The van der Waals surface area contributed by atoms with Crippen molar-refractivity contribution in [2.45, 2.75) is 44.3 Å². The molecule has 134 valence electrons. The predicted octanol–water partition coefficient (Wildman–Crippen LogP) is 4.39. The molecule has 1 aromatic carbocycles. The van der Waals surface area contributed by atoms with Gasteiger partial charge in [-0.15, -0.1) is 10.2 Å². The van der Waals surface area contributed by atoms with E-state index in [2.05, 4.69) is 14.8 Å². The number of carbonyl (C=O) groups is 1. The minimum atomic E-state index is 0.119. The van der Waals surface area contributed by atoms with E-state index in [1.54, 1.807) is 6.26 Å². The van der Waals surface area contributed by atoms with Gasteiger partial charge in [-0.05, 0) is 44.4 Å². The SMILES string of the molecule is Cc1ccc(C(=O)CSc2nnc(C3CC3)n2Cc2ccco2)c(C)c1. The number of aromatic nitrogens is 3. The van der Waals surface area contributed by atoms with Gasteiger partial charge in [-0.25, -0.2) is 0 Å². The number of rotatable bonds is 7. The maximum Gasteiger partial charge on any atom is 0.192 e. The van der Waals surface area contributed by atoms with Crippen molar-refractivity contribution in [1.29, 1.82) is 0 Å². The minimum Gasteiger partial charge on any atom is -0.467 e. The van der Waals surface area contributed by atoms with Crippen molar-refractivity contribution < 1.29 is 9.21 Å². The molecule has 0 bridgehead atoms. The van der Waals surface area contributed by atoms with Crippen molar-refractivity contribution in [2.24, 2.45) is 0 Å². The highest BCUT2D eigenvalue weighted by Crippen LogP contribution is 2.40. The zero-order valence-electron chi connectivity index (χ0n) is 14.9. The molecular weight excluding hydrogens is 346 g/mol. The lowest BCUT2D eigenvalue weighted by molar-refractivity contribution is 0.102. The molecular formula is C20H21N3O2S. The van der Waals surface area contributed by atoms with Gasteiger partial charge in [-0.3, -0.25) is 9.36 Å². The molecule has 2 heterocycles. The van der Waals surface area contributed by atoms with Crippen LogP contribution in [0.2, 0.25) is 0 Å². The first-order valence-corrected chi connectivity index (χ1v) is 9.79. The number of Topliss-reactive ketones (excluding diaryl/α,β-unsaturated/α-hetero) is 1. The summed E-state index contributed by atoms with van der Waals surface area (Å²) in [7, 11) is 0. The largest absolute Gasteiger partial charge is 0.467 e. The normalized spacial score (nSPS) is 13.9. The Labute approximate surface area is 156 Å². The number of nitrogens with zero attached hydrogens (tertiary/aromatic N) is 3. The van der Waals surface area contributed by atoms with Crippen LogP contribution in [0.25, 0.3) is 0 Å². The Morgan fingerprint density at radius 3 is 2.81 bits per heavy atom. The maximum absolute atomic E-state index is 12.6. The molecule has 0 saturated heterocycles. The second kappa shape index (κ2) is 7.11. The van der Waals surface area contributed by atoms with Crippen molar-refractivity contribution in [1.82, 2.24) is 14.8 Å². The molecule has 0 aliphatic heterocycles. The summed E-state index contributed by atoms with van der Waals surface area (Å²) >= 11 is 1.45. The first-order chi connectivity index (χ1) is 12.6. The number of hydrogen-bond donors (Lipinski definition) is 0. The fraction of sp³-hybridized carbons (Fsp3) is 0.350. The van der Waals surface area contributed by atoms with Gasteiger partial charge in [0, 0.05) is 11.5 Å². The molecule has 1 saturated carbocycles. The molecule has 3 aromatic rings. The van der Waals surface area contributed by atoms with Crippen molar-refractivity contribution in [3.63, 3.8) is 0 Å². The van der Waals surface area contributed by atoms with Crippen LogP contribution in [0.4, 0.5) is 0 Å². The Hall–Kier alpha value is -2.34. The first-order valence-electron chi connectivity index (χ1n) is 8.80. The molecule has 0 N–H and O–H groups in total. The topological polar surface area (TPSA) is 60.9 Å². The van der Waals surface area contributed by atoms with Crippen molar-refractivity contribution in [3.8, 4) is 0 Å². The Morgan fingerprint density at radius 1 is 1.27 bits per heavy atom. The molecule has 0 amide bonds. The standard InChI is InChI=1S/C20H21N3O2S/c1-13-5-8-17(14(2)10-13)18(24)12-26-20-22-21-19(15-6-7-15)23(20)11-16-4-3-9-25-16/h3-5,8-10,15H,6-7,11-12H2,1-2H3. The van der Waals surface area contributed by atoms with Crippen LogP contribution in [0.15, 0.2) is 46.2 Å². The highest BCUT2D eigenvalue weighted by Gasteiger charge is 2.30. The van der Waals surface area contributed by atoms with Gasteiger partial charge >= 0.3 is 0 Å². The van der Waals surface area contributed by atoms with Gasteiger partial charge in [-0.2, -0.15) is 0 Å². The fourth-order valence-electron chi connectivity index (χ4n) is 3.09. The van der Waals surface area contributed by atoms with E-state index in [1.807, 2.05) is 44.2 Å². The third kappa shape index (κ3) is 3.60. The van der Waals surface area contributed by atoms with Gasteiger partial charge in [0.2, 0.25) is 0 Å². The van der Waals surface area contributed by atoms with Crippen LogP contribution < -0.4 is 0 Å². The smallest absolute Gasteiger partial charge is 0.192 e. The van der Waals surface area contributed by atoms with Crippen LogP contribution >= 0.6 is 11.8 Å². The molecule has 4 rings (SSSR count). The predicted molar refractivity (Wildman–Crippen MR) is 101 cm³/mol. The molecule has 0 unspecified atom stereocenters. The molecule has 1 fully saturated rings. The lowest BCUT2D eigenvalue weighted by atomic mass is 10.0. The summed E-state index contributed by atoms with van der Waals surface area (Å²) in [4.78, 5) is 12.6. The van der Waals surface area contributed by atoms with E-state index >= 15 is 0 Å². The average Bonchev–Trinajstić information content (AvgIpc) is 3.18. The van der Waals surface area contributed by atoms with Crippen molar-refractivity contribution in [3.05, 3.63) is 64.9 Å². The van der Waals surface area contributed by atoms with Gasteiger partial charge in [-0.1, -0.05) is 35.5 Å². The molecule has 1 aliphatic carbocycles. The number of aryl methyl sites for hydroxylation is 2. The summed E-state index contributed by atoms with van der Waals surface area (Å²) < 4.78 is 7.58. The molecule has 0 radical (unpaired) electrons. The molecule has 0 atom stereocenters. The van der Waals surface area contributed by atoms with E-state index in [0.717, 1.165) is 40.7 Å². The minimum absolute atomic E-state index is 0.119. The van der Waals surface area contributed by atoms with Gasteiger partial charge in [0.05, 0.1) is 18.6 Å². The highest BCUT2D eigenvalue weighted by atomic mass is 32.2. The summed E-state index contributed by atoms with van der Waals surface area (Å²) in [5.41, 5.74) is 2.97. The Balaban J connectivity index is 1.51. The zero-order chi connectivity index (χ0) is 18.1. The van der Waals surface area contributed by atoms with E-state index in [-0.39, 0.29) is 5.78 Å². The fourth-order valence-corrected chi connectivity index (χ4v) is 3.92. The summed E-state index contributed by atoms with van der Waals surface area (Å²) in [5, 5.41) is 9.50. The highest BCUT2D eigenvalue weighted by molar-refractivity contribution is 7.99. The summed E-state index contributed by atoms with van der Waals surface area (Å²) in [6.07, 6.45) is 3.98.